The SMILES string of the molecule is Nc1ccc(Cl)cc1NOC(=O)N1CCCCC1. The Balaban J connectivity index is 1.90. The summed E-state index contributed by atoms with van der Waals surface area (Å²) in [6, 6.07) is 4.94. The van der Waals surface area contributed by atoms with Gasteiger partial charge in [-0.1, -0.05) is 11.6 Å². The van der Waals surface area contributed by atoms with Crippen molar-refractivity contribution in [2.24, 2.45) is 0 Å². The largest absolute Gasteiger partial charge is 0.434 e. The molecule has 1 aliphatic heterocycles. The number of likely N-dealkylation sites (tertiary alicyclic amines) is 1. The minimum absolute atomic E-state index is 0.380. The fraction of sp³-hybridized carbons (Fsp3) is 0.417. The maximum atomic E-state index is 11.7. The van der Waals surface area contributed by atoms with Gasteiger partial charge in [0.05, 0.1) is 11.4 Å². The molecule has 1 amide bonds. The van der Waals surface area contributed by atoms with Gasteiger partial charge < -0.3 is 15.5 Å². The Morgan fingerprint density at radius 1 is 1.33 bits per heavy atom. The third kappa shape index (κ3) is 3.20. The first-order valence-electron chi connectivity index (χ1n) is 5.93. The number of rotatable bonds is 2. The van der Waals surface area contributed by atoms with Crippen LogP contribution in [-0.2, 0) is 4.84 Å². The highest BCUT2D eigenvalue weighted by Crippen LogP contribution is 2.23. The quantitative estimate of drug-likeness (QED) is 0.640. The summed E-state index contributed by atoms with van der Waals surface area (Å²) in [5.41, 5.74) is 9.25. The molecule has 0 aromatic heterocycles. The van der Waals surface area contributed by atoms with Crippen LogP contribution in [0.15, 0.2) is 18.2 Å². The number of hydrogen-bond acceptors (Lipinski definition) is 4. The van der Waals surface area contributed by atoms with Crippen molar-refractivity contribution in [1.82, 2.24) is 4.90 Å². The Labute approximate surface area is 111 Å². The molecule has 2 rings (SSSR count). The van der Waals surface area contributed by atoms with Crippen LogP contribution in [0.1, 0.15) is 19.3 Å². The van der Waals surface area contributed by atoms with Crippen molar-refractivity contribution in [3.8, 4) is 0 Å². The summed E-state index contributed by atoms with van der Waals surface area (Å²) in [5.74, 6) is 0. The number of amides is 1. The average molecular weight is 270 g/mol. The van der Waals surface area contributed by atoms with Crippen LogP contribution in [0.25, 0.3) is 0 Å². The van der Waals surface area contributed by atoms with E-state index in [2.05, 4.69) is 5.48 Å². The van der Waals surface area contributed by atoms with Gasteiger partial charge in [-0.2, -0.15) is 0 Å². The lowest BCUT2D eigenvalue weighted by atomic mass is 10.1. The molecule has 0 aliphatic carbocycles. The molecule has 1 fully saturated rings. The second-order valence-electron chi connectivity index (χ2n) is 4.25. The van der Waals surface area contributed by atoms with E-state index in [1.807, 2.05) is 0 Å². The molecule has 0 bridgehead atoms. The van der Waals surface area contributed by atoms with Crippen LogP contribution in [0.3, 0.4) is 0 Å². The van der Waals surface area contributed by atoms with Crippen LogP contribution in [-0.4, -0.2) is 24.1 Å². The molecule has 0 unspecified atom stereocenters. The summed E-state index contributed by atoms with van der Waals surface area (Å²) in [7, 11) is 0. The molecule has 1 heterocycles. The van der Waals surface area contributed by atoms with E-state index in [1.54, 1.807) is 23.1 Å². The first-order chi connectivity index (χ1) is 8.66. The summed E-state index contributed by atoms with van der Waals surface area (Å²) in [5, 5.41) is 0.528. The van der Waals surface area contributed by atoms with Crippen LogP contribution in [0, 0.1) is 0 Å². The van der Waals surface area contributed by atoms with Gasteiger partial charge in [-0.05, 0) is 37.5 Å². The summed E-state index contributed by atoms with van der Waals surface area (Å²) in [6.07, 6.45) is 2.83. The van der Waals surface area contributed by atoms with Gasteiger partial charge in [0.1, 0.15) is 0 Å². The molecule has 1 aromatic carbocycles. The lowest BCUT2D eigenvalue weighted by molar-refractivity contribution is 0.114. The fourth-order valence-corrected chi connectivity index (χ4v) is 2.03. The Morgan fingerprint density at radius 3 is 2.78 bits per heavy atom. The van der Waals surface area contributed by atoms with Gasteiger partial charge in [-0.15, -0.1) is 0 Å². The first-order valence-corrected chi connectivity index (χ1v) is 6.31. The van der Waals surface area contributed by atoms with Crippen molar-refractivity contribution < 1.29 is 9.63 Å². The number of anilines is 2. The second-order valence-corrected chi connectivity index (χ2v) is 4.69. The predicted octanol–water partition coefficient (Wildman–Crippen LogP) is 2.87. The Kier molecular flexibility index (Phi) is 4.15. The van der Waals surface area contributed by atoms with Crippen molar-refractivity contribution in [3.63, 3.8) is 0 Å². The van der Waals surface area contributed by atoms with E-state index < -0.39 is 0 Å². The highest BCUT2D eigenvalue weighted by Gasteiger charge is 2.18. The van der Waals surface area contributed by atoms with Gasteiger partial charge in [0.25, 0.3) is 0 Å². The Bertz CT molecular complexity index is 433. The Morgan fingerprint density at radius 2 is 2.06 bits per heavy atom. The number of piperidine rings is 1. The zero-order chi connectivity index (χ0) is 13.0. The molecule has 0 atom stereocenters. The number of carbonyl (C=O) groups is 1. The monoisotopic (exact) mass is 269 g/mol. The number of nitrogen functional groups attached to an aromatic ring is 1. The number of nitrogens with one attached hydrogen (secondary N) is 1. The maximum Gasteiger partial charge on any atom is 0.434 e. The number of nitrogens with two attached hydrogens (primary N) is 1. The molecular formula is C12H16ClN3O2. The van der Waals surface area contributed by atoms with Crippen molar-refractivity contribution in [2.45, 2.75) is 19.3 Å². The molecule has 0 saturated carbocycles. The van der Waals surface area contributed by atoms with Crippen LogP contribution in [0.4, 0.5) is 16.2 Å². The summed E-state index contributed by atoms with van der Waals surface area (Å²) in [6.45, 7) is 1.48. The number of nitrogens with zero attached hydrogens (tertiary/aromatic N) is 1. The summed E-state index contributed by atoms with van der Waals surface area (Å²) >= 11 is 5.83. The van der Waals surface area contributed by atoms with E-state index in [0.29, 0.717) is 16.4 Å². The van der Waals surface area contributed by atoms with E-state index in [-0.39, 0.29) is 6.09 Å². The molecule has 98 valence electrons. The molecule has 1 aliphatic rings. The summed E-state index contributed by atoms with van der Waals surface area (Å²) < 4.78 is 0. The molecule has 1 aromatic rings. The van der Waals surface area contributed by atoms with Gasteiger partial charge >= 0.3 is 6.09 Å². The smallest absolute Gasteiger partial charge is 0.397 e. The highest BCUT2D eigenvalue weighted by molar-refractivity contribution is 6.31. The topological polar surface area (TPSA) is 67.6 Å². The molecule has 1 saturated heterocycles. The molecule has 18 heavy (non-hydrogen) atoms. The predicted molar refractivity (Wildman–Crippen MR) is 71.4 cm³/mol. The molecule has 3 N–H and O–H groups in total. The van der Waals surface area contributed by atoms with E-state index >= 15 is 0 Å². The maximum absolute atomic E-state index is 11.7. The van der Waals surface area contributed by atoms with Crippen molar-refractivity contribution in [2.75, 3.05) is 24.3 Å². The van der Waals surface area contributed by atoms with E-state index in [0.717, 1.165) is 25.9 Å². The summed E-state index contributed by atoms with van der Waals surface area (Å²) in [4.78, 5) is 18.4. The number of carbonyl (C=O) groups excluding carboxylic acids is 1. The minimum atomic E-state index is -0.380. The standard InChI is InChI=1S/C12H16ClN3O2/c13-9-4-5-10(14)11(8-9)15-18-12(17)16-6-2-1-3-7-16/h4-5,8,15H,1-3,6-7,14H2. The van der Waals surface area contributed by atoms with Crippen molar-refractivity contribution in [3.05, 3.63) is 23.2 Å². The highest BCUT2D eigenvalue weighted by atomic mass is 35.5. The third-order valence-corrected chi connectivity index (χ3v) is 3.11. The Hall–Kier alpha value is -1.62. The molecule has 0 radical (unpaired) electrons. The van der Waals surface area contributed by atoms with Gasteiger partial charge in [-0.3, -0.25) is 0 Å². The fourth-order valence-electron chi connectivity index (χ4n) is 1.86. The number of hydrogen-bond donors (Lipinski definition) is 2. The average Bonchev–Trinajstić information content (AvgIpc) is 2.40. The molecular weight excluding hydrogens is 254 g/mol. The molecule has 5 nitrogen and oxygen atoms in total. The van der Waals surface area contributed by atoms with E-state index in [1.165, 1.54) is 6.42 Å². The lowest BCUT2D eigenvalue weighted by Gasteiger charge is -2.25. The van der Waals surface area contributed by atoms with Gasteiger partial charge in [0.2, 0.25) is 0 Å². The van der Waals surface area contributed by atoms with Gasteiger partial charge in [-0.25, -0.2) is 10.3 Å². The van der Waals surface area contributed by atoms with Crippen LogP contribution >= 0.6 is 11.6 Å². The van der Waals surface area contributed by atoms with Gasteiger partial charge in [0.15, 0.2) is 0 Å². The van der Waals surface area contributed by atoms with Crippen LogP contribution in [0.5, 0.6) is 0 Å². The number of halogens is 1. The molecule has 6 heteroatoms. The van der Waals surface area contributed by atoms with Gasteiger partial charge in [0, 0.05) is 18.1 Å². The first kappa shape index (κ1) is 12.8. The zero-order valence-electron chi connectivity index (χ0n) is 9.99. The van der Waals surface area contributed by atoms with Crippen molar-refractivity contribution in [1.29, 1.82) is 0 Å². The van der Waals surface area contributed by atoms with E-state index in [9.17, 15) is 4.79 Å². The normalized spacial score (nSPS) is 15.3. The lowest BCUT2D eigenvalue weighted by Crippen LogP contribution is -2.37. The van der Waals surface area contributed by atoms with Crippen LogP contribution < -0.4 is 11.2 Å². The van der Waals surface area contributed by atoms with Crippen LogP contribution in [0.2, 0.25) is 5.02 Å². The second kappa shape index (κ2) is 5.82. The zero-order valence-corrected chi connectivity index (χ0v) is 10.7. The minimum Gasteiger partial charge on any atom is -0.397 e. The van der Waals surface area contributed by atoms with Crippen molar-refractivity contribution >= 4 is 29.1 Å². The molecule has 0 spiro atoms. The third-order valence-electron chi connectivity index (χ3n) is 2.88. The number of benzene rings is 1. The van der Waals surface area contributed by atoms with E-state index in [4.69, 9.17) is 22.2 Å².